The van der Waals surface area contributed by atoms with Crippen LogP contribution in [-0.4, -0.2) is 35.7 Å². The fourth-order valence-electron chi connectivity index (χ4n) is 4.68. The number of ether oxygens (including phenoxy) is 1. The van der Waals surface area contributed by atoms with Crippen molar-refractivity contribution in [3.8, 4) is 5.75 Å². The molecule has 0 aromatic heterocycles. The number of nitrogens with two attached hydrogens (primary N) is 1. The Morgan fingerprint density at radius 3 is 2.56 bits per heavy atom. The monoisotopic (exact) mass is 437 g/mol. The normalized spacial score (nSPS) is 20.2. The van der Waals surface area contributed by atoms with Crippen LogP contribution in [-0.2, 0) is 16.1 Å². The van der Waals surface area contributed by atoms with Crippen LogP contribution in [0.4, 0.5) is 11.4 Å². The Bertz CT molecular complexity index is 940. The highest BCUT2D eigenvalue weighted by Crippen LogP contribution is 2.33. The lowest BCUT2D eigenvalue weighted by atomic mass is 9.84. The number of rotatable bonds is 7. The third-order valence-electron chi connectivity index (χ3n) is 6.44. The lowest BCUT2D eigenvalue weighted by molar-refractivity contribution is -0.140. The first-order valence-electron chi connectivity index (χ1n) is 11.4. The van der Waals surface area contributed by atoms with E-state index in [2.05, 4.69) is 5.32 Å². The number of fused-ring (bicyclic) bond motifs is 1. The maximum atomic E-state index is 13.6. The van der Waals surface area contributed by atoms with E-state index in [-0.39, 0.29) is 12.5 Å². The van der Waals surface area contributed by atoms with Crippen molar-refractivity contribution in [3.63, 3.8) is 0 Å². The number of nitrogens with one attached hydrogen (secondary N) is 1. The fraction of sp³-hybridized carbons (Fsp3) is 0.440. The standard InChI is InChI=1S/C25H31N3O4/c26-19-12-10-18(11-13-19)15-28-22-8-4-5-9-23(22)32-16-21(24(28)29)27-20(25(30)31)14-17-6-2-1-3-7-17/h4-5,8-13,17,20-21,27H,1-3,6-7,14-16,26H2,(H,30,31)/t20-,21-/m0/s1. The van der Waals surface area contributed by atoms with Crippen molar-refractivity contribution >= 4 is 23.3 Å². The smallest absolute Gasteiger partial charge is 0.320 e. The Labute approximate surface area is 188 Å². The van der Waals surface area contributed by atoms with E-state index in [1.54, 1.807) is 17.0 Å². The molecule has 0 saturated heterocycles. The largest absolute Gasteiger partial charge is 0.489 e. The molecule has 7 heteroatoms. The zero-order valence-electron chi connectivity index (χ0n) is 18.2. The average Bonchev–Trinajstić information content (AvgIpc) is 2.93. The number of anilines is 2. The highest BCUT2D eigenvalue weighted by Gasteiger charge is 2.35. The lowest BCUT2D eigenvalue weighted by Crippen LogP contribution is -2.54. The van der Waals surface area contributed by atoms with Crippen LogP contribution >= 0.6 is 0 Å². The van der Waals surface area contributed by atoms with E-state index in [0.717, 1.165) is 31.2 Å². The molecule has 0 radical (unpaired) electrons. The number of carboxylic acid groups (broad SMARTS) is 1. The molecule has 4 rings (SSSR count). The molecular formula is C25H31N3O4. The maximum Gasteiger partial charge on any atom is 0.320 e. The van der Waals surface area contributed by atoms with Crippen LogP contribution in [0, 0.1) is 5.92 Å². The molecule has 7 nitrogen and oxygen atoms in total. The minimum Gasteiger partial charge on any atom is -0.489 e. The van der Waals surface area contributed by atoms with Crippen molar-refractivity contribution in [2.75, 3.05) is 17.2 Å². The van der Waals surface area contributed by atoms with Gasteiger partial charge in [0, 0.05) is 5.69 Å². The molecule has 0 spiro atoms. The molecule has 2 aromatic carbocycles. The number of aliphatic carboxylic acids is 1. The lowest BCUT2D eigenvalue weighted by Gasteiger charge is -2.29. The van der Waals surface area contributed by atoms with Gasteiger partial charge in [0.05, 0.1) is 12.2 Å². The molecule has 0 unspecified atom stereocenters. The summed E-state index contributed by atoms with van der Waals surface area (Å²) in [7, 11) is 0. The number of carboxylic acids is 1. The van der Waals surface area contributed by atoms with Gasteiger partial charge in [0.25, 0.3) is 0 Å². The van der Waals surface area contributed by atoms with Gasteiger partial charge in [0.1, 0.15) is 24.4 Å². The van der Waals surface area contributed by atoms with Gasteiger partial charge in [0.15, 0.2) is 0 Å². The van der Waals surface area contributed by atoms with Crippen molar-refractivity contribution in [1.82, 2.24) is 5.32 Å². The quantitative estimate of drug-likeness (QED) is 0.572. The van der Waals surface area contributed by atoms with E-state index in [0.29, 0.717) is 36.0 Å². The molecule has 1 fully saturated rings. The second-order valence-corrected chi connectivity index (χ2v) is 8.79. The Hall–Kier alpha value is -3.06. The predicted molar refractivity (Wildman–Crippen MR) is 124 cm³/mol. The van der Waals surface area contributed by atoms with Crippen molar-refractivity contribution in [2.45, 2.75) is 57.2 Å². The van der Waals surface area contributed by atoms with Gasteiger partial charge in [-0.15, -0.1) is 0 Å². The summed E-state index contributed by atoms with van der Waals surface area (Å²) in [4.78, 5) is 27.3. The second-order valence-electron chi connectivity index (χ2n) is 8.79. The molecular weight excluding hydrogens is 406 g/mol. The van der Waals surface area contributed by atoms with Gasteiger partial charge in [-0.05, 0) is 42.2 Å². The number of hydrogen-bond acceptors (Lipinski definition) is 5. The number of nitrogens with zero attached hydrogens (tertiary/aromatic N) is 1. The van der Waals surface area contributed by atoms with Crippen LogP contribution in [0.25, 0.3) is 0 Å². The Morgan fingerprint density at radius 1 is 1.12 bits per heavy atom. The first kappa shape index (κ1) is 22.1. The first-order valence-corrected chi connectivity index (χ1v) is 11.4. The summed E-state index contributed by atoms with van der Waals surface area (Å²) in [5.41, 5.74) is 8.07. The minimum absolute atomic E-state index is 0.0858. The van der Waals surface area contributed by atoms with Crippen LogP contribution in [0.1, 0.15) is 44.1 Å². The van der Waals surface area contributed by atoms with Crippen LogP contribution in [0.2, 0.25) is 0 Å². The maximum absolute atomic E-state index is 13.6. The highest BCUT2D eigenvalue weighted by atomic mass is 16.5. The third kappa shape index (κ3) is 5.22. The molecule has 1 heterocycles. The zero-order chi connectivity index (χ0) is 22.5. The zero-order valence-corrected chi connectivity index (χ0v) is 18.2. The second kappa shape index (κ2) is 10.0. The molecule has 1 aliphatic carbocycles. The van der Waals surface area contributed by atoms with Crippen LogP contribution in [0.15, 0.2) is 48.5 Å². The number of para-hydroxylation sites is 2. The molecule has 1 aliphatic heterocycles. The van der Waals surface area contributed by atoms with Crippen LogP contribution < -0.4 is 20.7 Å². The number of nitrogen functional groups attached to an aromatic ring is 1. The van der Waals surface area contributed by atoms with E-state index >= 15 is 0 Å². The number of carbonyl (C=O) groups excluding carboxylic acids is 1. The first-order chi connectivity index (χ1) is 15.5. The number of benzene rings is 2. The SMILES string of the molecule is Nc1ccc(CN2C(=O)[C@@H](N[C@@H](CC3CCCCC3)C(=O)O)COc3ccccc32)cc1. The molecule has 2 aliphatic rings. The molecule has 0 bridgehead atoms. The number of hydrogen-bond donors (Lipinski definition) is 3. The van der Waals surface area contributed by atoms with Crippen LogP contribution in [0.3, 0.4) is 0 Å². The van der Waals surface area contributed by atoms with Gasteiger partial charge in [-0.2, -0.15) is 0 Å². The van der Waals surface area contributed by atoms with Crippen molar-refractivity contribution < 1.29 is 19.4 Å². The Morgan fingerprint density at radius 2 is 1.84 bits per heavy atom. The van der Waals surface area contributed by atoms with Gasteiger partial charge < -0.3 is 20.5 Å². The summed E-state index contributed by atoms with van der Waals surface area (Å²) in [6, 6.07) is 13.3. The number of carbonyl (C=O) groups is 2. The fourth-order valence-corrected chi connectivity index (χ4v) is 4.68. The van der Waals surface area contributed by atoms with Gasteiger partial charge in [-0.1, -0.05) is 56.4 Å². The summed E-state index contributed by atoms with van der Waals surface area (Å²) >= 11 is 0. The highest BCUT2D eigenvalue weighted by molar-refractivity contribution is 5.99. The molecule has 4 N–H and O–H groups in total. The molecule has 32 heavy (non-hydrogen) atoms. The topological polar surface area (TPSA) is 105 Å². The summed E-state index contributed by atoms with van der Waals surface area (Å²) in [5.74, 6) is -0.126. The molecule has 2 atom stereocenters. The van der Waals surface area contributed by atoms with Gasteiger partial charge in [0.2, 0.25) is 5.91 Å². The van der Waals surface area contributed by atoms with Crippen LogP contribution in [0.5, 0.6) is 5.75 Å². The van der Waals surface area contributed by atoms with Crippen molar-refractivity contribution in [2.24, 2.45) is 5.92 Å². The third-order valence-corrected chi connectivity index (χ3v) is 6.44. The molecule has 170 valence electrons. The summed E-state index contributed by atoms with van der Waals surface area (Å²) < 4.78 is 5.95. The predicted octanol–water partition coefficient (Wildman–Crippen LogP) is 3.58. The summed E-state index contributed by atoms with van der Waals surface area (Å²) in [6.07, 6.45) is 6.14. The Balaban J connectivity index is 1.55. The molecule has 2 aromatic rings. The van der Waals surface area contributed by atoms with Crippen molar-refractivity contribution in [1.29, 1.82) is 0 Å². The summed E-state index contributed by atoms with van der Waals surface area (Å²) in [5, 5.41) is 13.0. The van der Waals surface area contributed by atoms with Gasteiger partial charge >= 0.3 is 5.97 Å². The summed E-state index contributed by atoms with van der Waals surface area (Å²) in [6.45, 7) is 0.431. The van der Waals surface area contributed by atoms with E-state index in [1.807, 2.05) is 36.4 Å². The van der Waals surface area contributed by atoms with E-state index in [9.17, 15) is 14.7 Å². The number of amides is 1. The van der Waals surface area contributed by atoms with Gasteiger partial charge in [-0.25, -0.2) is 0 Å². The van der Waals surface area contributed by atoms with Crippen molar-refractivity contribution in [3.05, 3.63) is 54.1 Å². The molecule has 1 amide bonds. The Kier molecular flexibility index (Phi) is 6.95. The van der Waals surface area contributed by atoms with E-state index in [4.69, 9.17) is 10.5 Å². The van der Waals surface area contributed by atoms with E-state index < -0.39 is 18.1 Å². The average molecular weight is 438 g/mol. The van der Waals surface area contributed by atoms with Gasteiger partial charge in [-0.3, -0.25) is 14.9 Å². The minimum atomic E-state index is -0.921. The molecule has 1 saturated carbocycles. The van der Waals surface area contributed by atoms with E-state index in [1.165, 1.54) is 6.42 Å².